The van der Waals surface area contributed by atoms with E-state index in [9.17, 15) is 40.9 Å². The van der Waals surface area contributed by atoms with Crippen LogP contribution in [-0.4, -0.2) is 126 Å². The first kappa shape index (κ1) is 27.8. The molecule has 0 fully saturated rings. The first-order valence-corrected chi connectivity index (χ1v) is 7.93. The van der Waals surface area contributed by atoms with Crippen LogP contribution in [0.5, 0.6) is 0 Å². The van der Waals surface area contributed by atoms with Gasteiger partial charge in [0, 0.05) is 0 Å². The van der Waals surface area contributed by atoms with Crippen molar-refractivity contribution in [2.45, 2.75) is 0 Å². The molecule has 0 aliphatic carbocycles. The Morgan fingerprint density at radius 1 is 0.385 bits per heavy atom. The Morgan fingerprint density at radius 2 is 0.577 bits per heavy atom. The summed E-state index contributed by atoms with van der Waals surface area (Å²) >= 11 is 0. The fourth-order valence-electron chi connectivity index (χ4n) is 1.82. The molecule has 26 heavy (non-hydrogen) atoms. The van der Waals surface area contributed by atoms with Crippen LogP contribution in [0.1, 0.15) is 0 Å². The fourth-order valence-corrected chi connectivity index (χ4v) is 1.82. The monoisotopic (exact) mass is 390 g/mol. The normalized spacial score (nSPS) is 12.9. The van der Waals surface area contributed by atoms with Gasteiger partial charge in [0.1, 0.15) is 0 Å². The number of aliphatic hydroxyl groups is 8. The highest BCUT2D eigenvalue weighted by Gasteiger charge is 2.35. The lowest BCUT2D eigenvalue weighted by atomic mass is 9.90. The second-order valence-electron chi connectivity index (χ2n) is 6.75. The third-order valence-corrected chi connectivity index (χ3v) is 4.32. The number of rotatable bonds is 16. The number of ether oxygens (including phenoxy) is 2. The van der Waals surface area contributed by atoms with E-state index in [-0.39, 0.29) is 31.9 Å². The van der Waals surface area contributed by atoms with Gasteiger partial charge in [-0.2, -0.15) is 0 Å². The van der Waals surface area contributed by atoms with E-state index < -0.39 is 69.1 Å². The number of aliphatic hydroxyl groups excluding tert-OH is 8. The van der Waals surface area contributed by atoms with Gasteiger partial charge >= 0.3 is 0 Å². The minimum atomic E-state index is -1.24. The van der Waals surface area contributed by atoms with Crippen LogP contribution >= 0.6 is 0 Å². The van der Waals surface area contributed by atoms with Crippen LogP contribution < -0.4 is 0 Å². The molecule has 11 nitrogen and oxygen atoms in total. The quantitative estimate of drug-likeness (QED) is 0.126. The Bertz CT molecular complexity index is 283. The Kier molecular flexibility index (Phi) is 14.6. The van der Waals surface area contributed by atoms with Crippen molar-refractivity contribution < 1.29 is 55.8 Å². The third-order valence-electron chi connectivity index (χ3n) is 4.32. The summed E-state index contributed by atoms with van der Waals surface area (Å²) in [5.74, 6) is 0. The van der Waals surface area contributed by atoms with Crippen LogP contribution in [0.15, 0.2) is 0 Å². The molecule has 0 unspecified atom stereocenters. The van der Waals surface area contributed by atoms with E-state index in [0.29, 0.717) is 0 Å². The predicted octanol–water partition coefficient (Wildman–Crippen LogP) is -4.91. The molecule has 0 aromatic carbocycles. The average Bonchev–Trinajstić information content (AvgIpc) is 2.68. The van der Waals surface area contributed by atoms with Crippen molar-refractivity contribution in [1.82, 2.24) is 0 Å². The minimum Gasteiger partial charge on any atom is -0.412 e. The summed E-state index contributed by atoms with van der Waals surface area (Å²) in [5.41, 5.74) is -3.69. The zero-order chi connectivity index (χ0) is 19.4. The van der Waals surface area contributed by atoms with Gasteiger partial charge in [-0.3, -0.25) is 0 Å². The zero-order valence-corrected chi connectivity index (χ0v) is 14.9. The maximum atomic E-state index is 9.56. The van der Waals surface area contributed by atoms with Gasteiger partial charge in [0.15, 0.2) is 0 Å². The lowest BCUT2D eigenvalue weighted by Gasteiger charge is -2.34. The molecule has 0 aliphatic rings. The van der Waals surface area contributed by atoms with E-state index in [0.717, 1.165) is 0 Å². The van der Waals surface area contributed by atoms with Crippen LogP contribution in [0.3, 0.4) is 0 Å². The van der Waals surface area contributed by atoms with E-state index in [1.54, 1.807) is 0 Å². The molecular weight excluding hydrogens is 356 g/mol. The molecule has 0 saturated carbocycles. The summed E-state index contributed by atoms with van der Waals surface area (Å²) in [6.45, 7) is -4.82. The van der Waals surface area contributed by atoms with Gasteiger partial charge in [-0.15, -0.1) is 0 Å². The lowest BCUT2D eigenvalue weighted by Crippen LogP contribution is -2.45. The summed E-state index contributed by atoms with van der Waals surface area (Å²) in [6.07, 6.45) is 0. The molecule has 0 heterocycles. The van der Waals surface area contributed by atoms with Crippen LogP contribution in [0.2, 0.25) is 0 Å². The van der Waals surface area contributed by atoms with Gasteiger partial charge in [0.25, 0.3) is 0 Å². The molecule has 0 radical (unpaired) electrons. The summed E-state index contributed by atoms with van der Waals surface area (Å²) in [7, 11) is 0. The second-order valence-corrected chi connectivity index (χ2v) is 6.75. The van der Waals surface area contributed by atoms with Crippen LogP contribution in [-0.2, 0) is 9.47 Å². The molecule has 0 bridgehead atoms. The van der Waals surface area contributed by atoms with Gasteiger partial charge in [-0.05, 0) is 0 Å². The molecule has 0 aromatic heterocycles. The van der Waals surface area contributed by atoms with Gasteiger partial charge < -0.3 is 55.8 Å². The first-order valence-electron chi connectivity index (χ1n) is 7.93. The Hall–Kier alpha value is -0.440. The van der Waals surface area contributed by atoms with Crippen molar-refractivity contribution in [3.8, 4) is 0 Å². The zero-order valence-electron chi connectivity index (χ0n) is 14.9. The molecule has 10 N–H and O–H groups in total. The minimum absolute atomic E-state index is 0. The predicted molar refractivity (Wildman–Crippen MR) is 89.2 cm³/mol. The maximum Gasteiger partial charge on any atom is 0.0632 e. The lowest BCUT2D eigenvalue weighted by molar-refractivity contribution is -0.127. The number of hydrogen-bond donors (Lipinski definition) is 8. The molecule has 0 amide bonds. The van der Waals surface area contributed by atoms with Crippen LogP contribution in [0, 0.1) is 16.2 Å². The molecule has 0 aromatic rings. The van der Waals surface area contributed by atoms with Gasteiger partial charge in [0.2, 0.25) is 0 Å². The highest BCUT2D eigenvalue weighted by Crippen LogP contribution is 2.23. The van der Waals surface area contributed by atoms with E-state index >= 15 is 0 Å². The summed E-state index contributed by atoms with van der Waals surface area (Å²) in [4.78, 5) is 0. The topological polar surface area (TPSA) is 212 Å². The first-order chi connectivity index (χ1) is 11.9. The molecule has 160 valence electrons. The highest BCUT2D eigenvalue weighted by atomic mass is 16.5. The molecule has 0 atom stereocenters. The van der Waals surface area contributed by atoms with Crippen molar-refractivity contribution >= 4 is 0 Å². The Morgan fingerprint density at radius 3 is 0.769 bits per heavy atom. The Balaban J connectivity index is 0. The van der Waals surface area contributed by atoms with E-state index in [1.165, 1.54) is 0 Å². The smallest absolute Gasteiger partial charge is 0.0632 e. The van der Waals surface area contributed by atoms with Crippen molar-refractivity contribution in [3.05, 3.63) is 0 Å². The van der Waals surface area contributed by atoms with Crippen molar-refractivity contribution in [1.29, 1.82) is 0 Å². The Labute approximate surface area is 152 Å². The van der Waals surface area contributed by atoms with Gasteiger partial charge in [-0.1, -0.05) is 0 Å². The van der Waals surface area contributed by atoms with Crippen molar-refractivity contribution in [2.75, 3.05) is 79.3 Å². The third kappa shape index (κ3) is 7.66. The van der Waals surface area contributed by atoms with Gasteiger partial charge in [-0.25, -0.2) is 0 Å². The molecule has 0 saturated heterocycles. The summed E-state index contributed by atoms with van der Waals surface area (Å²) in [6, 6.07) is 0. The van der Waals surface area contributed by atoms with Crippen LogP contribution in [0.4, 0.5) is 0 Å². The second kappa shape index (κ2) is 13.7. The SMILES string of the molecule is O.OCC(CO)(CO)COCC(CO)(CO)COCC(CO)(CO)CO. The summed E-state index contributed by atoms with van der Waals surface area (Å²) in [5, 5.41) is 74.6. The molecular formula is C15H34O11. The molecule has 0 rings (SSSR count). The highest BCUT2D eigenvalue weighted by molar-refractivity contribution is 4.82. The van der Waals surface area contributed by atoms with Crippen molar-refractivity contribution in [3.63, 3.8) is 0 Å². The van der Waals surface area contributed by atoms with E-state index in [2.05, 4.69) is 0 Å². The summed E-state index contributed by atoms with van der Waals surface area (Å²) < 4.78 is 10.7. The fraction of sp³-hybridized carbons (Fsp3) is 1.00. The van der Waals surface area contributed by atoms with E-state index in [1.807, 2.05) is 0 Å². The van der Waals surface area contributed by atoms with Gasteiger partial charge in [0.05, 0.1) is 95.5 Å². The molecule has 11 heteroatoms. The molecule has 0 spiro atoms. The van der Waals surface area contributed by atoms with Crippen molar-refractivity contribution in [2.24, 2.45) is 16.2 Å². The molecule has 0 aliphatic heterocycles. The average molecular weight is 390 g/mol. The largest absolute Gasteiger partial charge is 0.412 e. The van der Waals surface area contributed by atoms with Crippen LogP contribution in [0.25, 0.3) is 0 Å². The maximum absolute atomic E-state index is 9.56. The van der Waals surface area contributed by atoms with E-state index in [4.69, 9.17) is 9.47 Å². The number of hydrogen-bond acceptors (Lipinski definition) is 10. The standard InChI is InChI=1S/C15H32O10.H2O/c16-1-13(2-17,3-18)9-24-11-15(7-22,8-23)12-25-10-14(4-19,5-20)6-21;/h16-23H,1-12H2;1H2.